The fourth-order valence-electron chi connectivity index (χ4n) is 1.73. The largest absolute Gasteiger partial charge is 0.491 e. The molecule has 3 nitrogen and oxygen atoms in total. The molecule has 102 valence electrons. The first kappa shape index (κ1) is 14.7. The van der Waals surface area contributed by atoms with Crippen LogP contribution in [0.3, 0.4) is 0 Å². The molecule has 3 heteroatoms. The summed E-state index contributed by atoms with van der Waals surface area (Å²) in [6.07, 6.45) is 2.04. The van der Waals surface area contributed by atoms with Gasteiger partial charge >= 0.3 is 0 Å². The van der Waals surface area contributed by atoms with Crippen molar-refractivity contribution in [3.63, 3.8) is 0 Å². The van der Waals surface area contributed by atoms with Crippen LogP contribution in [0.25, 0.3) is 0 Å². The summed E-state index contributed by atoms with van der Waals surface area (Å²) in [4.78, 5) is 2.22. The third-order valence-electron chi connectivity index (χ3n) is 3.64. The summed E-state index contributed by atoms with van der Waals surface area (Å²) < 4.78 is 5.67. The molecule has 0 atom stereocenters. The number of hydrogen-bond acceptors (Lipinski definition) is 3. The lowest BCUT2D eigenvalue weighted by Crippen LogP contribution is -2.40. The molecule has 18 heavy (non-hydrogen) atoms. The second-order valence-electron chi connectivity index (χ2n) is 5.26. The summed E-state index contributed by atoms with van der Waals surface area (Å²) in [5.41, 5.74) is 8.06. The third kappa shape index (κ3) is 3.09. The van der Waals surface area contributed by atoms with E-state index in [2.05, 4.69) is 39.6 Å². The van der Waals surface area contributed by atoms with Crippen LogP contribution in [0.15, 0.2) is 18.2 Å². The first-order valence-corrected chi connectivity index (χ1v) is 6.69. The number of rotatable bonds is 6. The van der Waals surface area contributed by atoms with Gasteiger partial charge in [0, 0.05) is 12.6 Å². The van der Waals surface area contributed by atoms with Crippen molar-refractivity contribution in [2.45, 2.75) is 46.1 Å². The second kappa shape index (κ2) is 5.98. The van der Waals surface area contributed by atoms with E-state index >= 15 is 0 Å². The average Bonchev–Trinajstić information content (AvgIpc) is 2.36. The molecule has 0 saturated heterocycles. The number of anilines is 2. The van der Waals surface area contributed by atoms with Crippen molar-refractivity contribution in [1.82, 2.24) is 0 Å². The zero-order valence-electron chi connectivity index (χ0n) is 12.3. The lowest BCUT2D eigenvalue weighted by molar-refractivity contribution is 0.319. The van der Waals surface area contributed by atoms with E-state index in [1.165, 1.54) is 0 Å². The number of para-hydroxylation sites is 1. The Bertz CT molecular complexity index is 388. The molecule has 0 fully saturated rings. The molecule has 0 bridgehead atoms. The fraction of sp³-hybridized carbons (Fsp3) is 0.600. The first-order chi connectivity index (χ1) is 8.44. The molecule has 0 heterocycles. The molecule has 0 aliphatic heterocycles. The number of nitrogen functional groups attached to an aromatic ring is 1. The summed E-state index contributed by atoms with van der Waals surface area (Å²) >= 11 is 0. The van der Waals surface area contributed by atoms with E-state index < -0.39 is 0 Å². The maximum atomic E-state index is 6.21. The molecular weight excluding hydrogens is 224 g/mol. The quantitative estimate of drug-likeness (QED) is 0.783. The summed E-state index contributed by atoms with van der Waals surface area (Å²) in [5.74, 6) is 0.785. The summed E-state index contributed by atoms with van der Waals surface area (Å²) in [6.45, 7) is 9.41. The molecule has 0 aliphatic carbocycles. The SMILES string of the molecule is CCCOc1cccc(N(C)C(C)(C)CC)c1N. The number of benzene rings is 1. The molecule has 0 radical (unpaired) electrons. The zero-order chi connectivity index (χ0) is 13.8. The van der Waals surface area contributed by atoms with Gasteiger partial charge in [-0.3, -0.25) is 0 Å². The normalized spacial score (nSPS) is 11.4. The molecule has 0 amide bonds. The highest BCUT2D eigenvalue weighted by Gasteiger charge is 2.23. The van der Waals surface area contributed by atoms with E-state index in [0.29, 0.717) is 6.61 Å². The van der Waals surface area contributed by atoms with E-state index in [1.54, 1.807) is 0 Å². The summed E-state index contributed by atoms with van der Waals surface area (Å²) in [6, 6.07) is 5.98. The minimum atomic E-state index is 0.0809. The maximum Gasteiger partial charge on any atom is 0.144 e. The Morgan fingerprint density at radius 2 is 1.94 bits per heavy atom. The average molecular weight is 250 g/mol. The van der Waals surface area contributed by atoms with Gasteiger partial charge in [-0.15, -0.1) is 0 Å². The molecule has 2 N–H and O–H groups in total. The molecule has 0 aromatic heterocycles. The maximum absolute atomic E-state index is 6.21. The standard InChI is InChI=1S/C15H26N2O/c1-6-11-18-13-10-8-9-12(14(13)16)17(5)15(3,4)7-2/h8-10H,6-7,11,16H2,1-5H3. The van der Waals surface area contributed by atoms with Crippen molar-refractivity contribution in [2.24, 2.45) is 0 Å². The highest BCUT2D eigenvalue weighted by molar-refractivity contribution is 5.74. The van der Waals surface area contributed by atoms with Crippen LogP contribution in [0.2, 0.25) is 0 Å². The Morgan fingerprint density at radius 3 is 2.50 bits per heavy atom. The Hall–Kier alpha value is -1.38. The fourth-order valence-corrected chi connectivity index (χ4v) is 1.73. The van der Waals surface area contributed by atoms with Crippen LogP contribution < -0.4 is 15.4 Å². The lowest BCUT2D eigenvalue weighted by atomic mass is 9.99. The summed E-state index contributed by atoms with van der Waals surface area (Å²) in [7, 11) is 2.08. The van der Waals surface area contributed by atoms with Crippen molar-refractivity contribution in [1.29, 1.82) is 0 Å². The van der Waals surface area contributed by atoms with Crippen LogP contribution in [0.5, 0.6) is 5.75 Å². The number of ether oxygens (including phenoxy) is 1. The highest BCUT2D eigenvalue weighted by Crippen LogP contribution is 2.35. The second-order valence-corrected chi connectivity index (χ2v) is 5.26. The van der Waals surface area contributed by atoms with E-state index in [0.717, 1.165) is 30.0 Å². The molecule has 1 aromatic rings. The van der Waals surface area contributed by atoms with Gasteiger partial charge in [0.1, 0.15) is 5.75 Å². The van der Waals surface area contributed by atoms with Gasteiger partial charge < -0.3 is 15.4 Å². The minimum Gasteiger partial charge on any atom is -0.491 e. The lowest BCUT2D eigenvalue weighted by Gasteiger charge is -2.37. The van der Waals surface area contributed by atoms with E-state index in [4.69, 9.17) is 10.5 Å². The number of nitrogens with zero attached hydrogens (tertiary/aromatic N) is 1. The molecule has 0 aliphatic rings. The van der Waals surface area contributed by atoms with Gasteiger partial charge in [0.2, 0.25) is 0 Å². The van der Waals surface area contributed by atoms with Gasteiger partial charge in [0.15, 0.2) is 0 Å². The Kier molecular flexibility index (Phi) is 4.88. The minimum absolute atomic E-state index is 0.0809. The first-order valence-electron chi connectivity index (χ1n) is 6.69. The van der Waals surface area contributed by atoms with E-state index in [-0.39, 0.29) is 5.54 Å². The van der Waals surface area contributed by atoms with Gasteiger partial charge in [-0.2, -0.15) is 0 Å². The Balaban J connectivity index is 3.03. The van der Waals surface area contributed by atoms with Gasteiger partial charge in [-0.05, 0) is 38.8 Å². The molecule has 0 unspecified atom stereocenters. The topological polar surface area (TPSA) is 38.5 Å². The van der Waals surface area contributed by atoms with Crippen LogP contribution >= 0.6 is 0 Å². The van der Waals surface area contributed by atoms with Crippen molar-refractivity contribution in [3.8, 4) is 5.75 Å². The van der Waals surface area contributed by atoms with Crippen molar-refractivity contribution in [2.75, 3.05) is 24.3 Å². The third-order valence-corrected chi connectivity index (χ3v) is 3.64. The molecule has 0 saturated carbocycles. The molecule has 1 rings (SSSR count). The van der Waals surface area contributed by atoms with Crippen molar-refractivity contribution < 1.29 is 4.74 Å². The van der Waals surface area contributed by atoms with Crippen molar-refractivity contribution in [3.05, 3.63) is 18.2 Å². The van der Waals surface area contributed by atoms with Gasteiger partial charge in [-0.1, -0.05) is 19.9 Å². The van der Waals surface area contributed by atoms with Crippen LogP contribution in [0.4, 0.5) is 11.4 Å². The summed E-state index contributed by atoms with van der Waals surface area (Å²) in [5, 5.41) is 0. The van der Waals surface area contributed by atoms with Gasteiger partial charge in [0.25, 0.3) is 0 Å². The predicted octanol–water partition coefficient (Wildman–Crippen LogP) is 3.68. The number of hydrogen-bond donors (Lipinski definition) is 1. The molecular formula is C15H26N2O. The van der Waals surface area contributed by atoms with Crippen LogP contribution in [-0.2, 0) is 0 Å². The highest BCUT2D eigenvalue weighted by atomic mass is 16.5. The van der Waals surface area contributed by atoms with E-state index in [9.17, 15) is 0 Å². The Labute approximate surface area is 111 Å². The molecule has 1 aromatic carbocycles. The zero-order valence-corrected chi connectivity index (χ0v) is 12.3. The van der Waals surface area contributed by atoms with Crippen molar-refractivity contribution >= 4 is 11.4 Å². The van der Waals surface area contributed by atoms with Gasteiger partial charge in [-0.25, -0.2) is 0 Å². The predicted molar refractivity (Wildman–Crippen MR) is 79.4 cm³/mol. The van der Waals surface area contributed by atoms with E-state index in [1.807, 2.05) is 18.2 Å². The molecule has 0 spiro atoms. The smallest absolute Gasteiger partial charge is 0.144 e. The van der Waals surface area contributed by atoms with Crippen LogP contribution in [0.1, 0.15) is 40.5 Å². The van der Waals surface area contributed by atoms with Gasteiger partial charge in [0.05, 0.1) is 18.0 Å². The van der Waals surface area contributed by atoms with Crippen LogP contribution in [0, 0.1) is 0 Å². The monoisotopic (exact) mass is 250 g/mol. The van der Waals surface area contributed by atoms with Crippen LogP contribution in [-0.4, -0.2) is 19.2 Å². The number of nitrogens with two attached hydrogens (primary N) is 1. The Morgan fingerprint density at radius 1 is 1.28 bits per heavy atom.